The number of carbonyl (C=O) groups is 2. The van der Waals surface area contributed by atoms with Crippen LogP contribution in [0.1, 0.15) is 59.0 Å². The highest BCUT2D eigenvalue weighted by molar-refractivity contribution is 5.94. The van der Waals surface area contributed by atoms with Gasteiger partial charge in [0.05, 0.1) is 11.1 Å². The minimum Gasteiger partial charge on any atom is -0.478 e. The molecule has 1 rings (SSSR count). The second-order valence-corrected chi connectivity index (χ2v) is 4.58. The fraction of sp³-hybridized carbons (Fsp3) is 0.375. The van der Waals surface area contributed by atoms with Crippen molar-refractivity contribution in [2.75, 3.05) is 0 Å². The predicted molar refractivity (Wildman–Crippen MR) is 79.6 cm³/mol. The van der Waals surface area contributed by atoms with Gasteiger partial charge in [-0.1, -0.05) is 18.6 Å². The topological polar surface area (TPSA) is 74.6 Å². The molecule has 2 N–H and O–H groups in total. The standard InChI is InChI=1S/C10H10O4.C6H12/c1-5-3-8(10(13)14)6(2)4-7(5)9(11)12;1-4-6(3)5-2/h3-4H,1-2H3,(H,11,12)(H,13,14);4H,5H2,1-3H3. The first kappa shape index (κ1) is 17.9. The van der Waals surface area contributed by atoms with Crippen LogP contribution in [0.2, 0.25) is 0 Å². The maximum Gasteiger partial charge on any atom is 0.335 e. The lowest BCUT2D eigenvalue weighted by Crippen LogP contribution is -2.06. The quantitative estimate of drug-likeness (QED) is 0.817. The van der Waals surface area contributed by atoms with E-state index >= 15 is 0 Å². The number of aromatic carboxylic acids is 2. The van der Waals surface area contributed by atoms with Crippen molar-refractivity contribution in [3.8, 4) is 0 Å². The van der Waals surface area contributed by atoms with E-state index in [1.807, 2.05) is 0 Å². The van der Waals surface area contributed by atoms with Crippen LogP contribution in [0.4, 0.5) is 0 Å². The highest BCUT2D eigenvalue weighted by Gasteiger charge is 2.13. The number of carboxylic acid groups (broad SMARTS) is 2. The van der Waals surface area contributed by atoms with Crippen LogP contribution in [0.5, 0.6) is 0 Å². The van der Waals surface area contributed by atoms with Crippen LogP contribution < -0.4 is 0 Å². The minimum absolute atomic E-state index is 0.146. The van der Waals surface area contributed by atoms with E-state index in [-0.39, 0.29) is 11.1 Å². The number of allylic oxidation sites excluding steroid dienone is 2. The number of rotatable bonds is 3. The van der Waals surface area contributed by atoms with E-state index in [4.69, 9.17) is 10.2 Å². The van der Waals surface area contributed by atoms with E-state index in [0.29, 0.717) is 11.1 Å². The molecule has 4 nitrogen and oxygen atoms in total. The van der Waals surface area contributed by atoms with Gasteiger partial charge in [0.25, 0.3) is 0 Å². The molecule has 0 aliphatic rings. The number of hydrogen-bond acceptors (Lipinski definition) is 2. The summed E-state index contributed by atoms with van der Waals surface area (Å²) in [6.07, 6.45) is 3.33. The smallest absolute Gasteiger partial charge is 0.335 e. The summed E-state index contributed by atoms with van der Waals surface area (Å²) in [5.74, 6) is -2.08. The lowest BCUT2D eigenvalue weighted by Gasteiger charge is -2.05. The molecule has 1 aromatic carbocycles. The Morgan fingerprint density at radius 2 is 1.40 bits per heavy atom. The van der Waals surface area contributed by atoms with E-state index in [0.717, 1.165) is 0 Å². The van der Waals surface area contributed by atoms with Gasteiger partial charge in [0, 0.05) is 0 Å². The average molecular weight is 278 g/mol. The summed E-state index contributed by atoms with van der Waals surface area (Å²) in [7, 11) is 0. The van der Waals surface area contributed by atoms with Gasteiger partial charge in [-0.15, -0.1) is 0 Å². The summed E-state index contributed by atoms with van der Waals surface area (Å²) < 4.78 is 0. The maximum atomic E-state index is 10.7. The molecule has 0 aliphatic heterocycles. The molecule has 0 aliphatic carbocycles. The van der Waals surface area contributed by atoms with Gasteiger partial charge in [0.1, 0.15) is 0 Å². The Labute approximate surface area is 119 Å². The molecule has 0 heterocycles. The average Bonchev–Trinajstić information content (AvgIpc) is 2.40. The van der Waals surface area contributed by atoms with E-state index in [1.165, 1.54) is 24.1 Å². The van der Waals surface area contributed by atoms with Crippen molar-refractivity contribution in [1.82, 2.24) is 0 Å². The van der Waals surface area contributed by atoms with Crippen molar-refractivity contribution < 1.29 is 19.8 Å². The van der Waals surface area contributed by atoms with Gasteiger partial charge < -0.3 is 10.2 Å². The summed E-state index contributed by atoms with van der Waals surface area (Å²) in [6, 6.07) is 2.75. The van der Waals surface area contributed by atoms with Gasteiger partial charge in [-0.3, -0.25) is 0 Å². The fourth-order valence-electron chi connectivity index (χ4n) is 1.48. The monoisotopic (exact) mass is 278 g/mol. The van der Waals surface area contributed by atoms with Crippen LogP contribution in [0, 0.1) is 13.8 Å². The number of hydrogen-bond donors (Lipinski definition) is 2. The van der Waals surface area contributed by atoms with Gasteiger partial charge >= 0.3 is 11.9 Å². The van der Waals surface area contributed by atoms with Crippen molar-refractivity contribution in [2.45, 2.75) is 41.0 Å². The van der Waals surface area contributed by atoms with Crippen LogP contribution in [-0.2, 0) is 0 Å². The van der Waals surface area contributed by atoms with Crippen molar-refractivity contribution in [1.29, 1.82) is 0 Å². The molecule has 0 unspecified atom stereocenters. The van der Waals surface area contributed by atoms with Gasteiger partial charge in [-0.05, 0) is 57.4 Å². The Kier molecular flexibility index (Phi) is 7.29. The van der Waals surface area contributed by atoms with E-state index < -0.39 is 11.9 Å². The Morgan fingerprint density at radius 1 is 1.05 bits per heavy atom. The zero-order chi connectivity index (χ0) is 15.9. The molecule has 0 amide bonds. The first-order valence-electron chi connectivity index (χ1n) is 6.44. The fourth-order valence-corrected chi connectivity index (χ4v) is 1.48. The molecule has 0 saturated carbocycles. The van der Waals surface area contributed by atoms with Crippen molar-refractivity contribution in [3.05, 3.63) is 46.0 Å². The number of benzene rings is 1. The Bertz CT molecular complexity index is 488. The molecular weight excluding hydrogens is 256 g/mol. The lowest BCUT2D eigenvalue weighted by atomic mass is 10.0. The molecule has 0 atom stereocenters. The molecule has 0 fully saturated rings. The van der Waals surface area contributed by atoms with Crippen LogP contribution >= 0.6 is 0 Å². The van der Waals surface area contributed by atoms with E-state index in [9.17, 15) is 9.59 Å². The van der Waals surface area contributed by atoms with E-state index in [2.05, 4.69) is 26.8 Å². The molecule has 0 spiro atoms. The summed E-state index contributed by atoms with van der Waals surface area (Å²) in [6.45, 7) is 9.53. The second kappa shape index (κ2) is 8.15. The third kappa shape index (κ3) is 5.26. The molecule has 0 bridgehead atoms. The molecule has 0 radical (unpaired) electrons. The van der Waals surface area contributed by atoms with Crippen molar-refractivity contribution in [2.24, 2.45) is 0 Å². The van der Waals surface area contributed by atoms with Crippen LogP contribution in [0.3, 0.4) is 0 Å². The van der Waals surface area contributed by atoms with Crippen LogP contribution in [0.15, 0.2) is 23.8 Å². The summed E-state index contributed by atoms with van der Waals surface area (Å²) in [5.41, 5.74) is 2.68. The highest BCUT2D eigenvalue weighted by atomic mass is 16.4. The zero-order valence-corrected chi connectivity index (χ0v) is 12.7. The first-order valence-corrected chi connectivity index (χ1v) is 6.44. The lowest BCUT2D eigenvalue weighted by molar-refractivity contribution is 0.0679. The Morgan fingerprint density at radius 3 is 1.55 bits per heavy atom. The van der Waals surface area contributed by atoms with Gasteiger partial charge in [-0.25, -0.2) is 9.59 Å². The number of aryl methyl sites for hydroxylation is 2. The zero-order valence-electron chi connectivity index (χ0n) is 12.7. The van der Waals surface area contributed by atoms with Crippen LogP contribution in [-0.4, -0.2) is 22.2 Å². The molecule has 110 valence electrons. The Balaban J connectivity index is 0.000000511. The van der Waals surface area contributed by atoms with Gasteiger partial charge in [0.15, 0.2) is 0 Å². The SMILES string of the molecule is CC=C(C)CC.Cc1cc(C(=O)O)c(C)cc1C(=O)O. The largest absolute Gasteiger partial charge is 0.478 e. The van der Waals surface area contributed by atoms with E-state index in [1.54, 1.807) is 13.8 Å². The van der Waals surface area contributed by atoms with Gasteiger partial charge in [-0.2, -0.15) is 0 Å². The number of carboxylic acids is 2. The first-order chi connectivity index (χ1) is 9.24. The minimum atomic E-state index is -1.04. The molecule has 20 heavy (non-hydrogen) atoms. The van der Waals surface area contributed by atoms with Crippen molar-refractivity contribution in [3.63, 3.8) is 0 Å². The predicted octanol–water partition coefficient (Wildman–Crippen LogP) is 4.06. The van der Waals surface area contributed by atoms with Crippen LogP contribution in [0.25, 0.3) is 0 Å². The third-order valence-electron chi connectivity index (χ3n) is 3.08. The molecule has 4 heteroatoms. The molecular formula is C16H22O4. The maximum absolute atomic E-state index is 10.7. The molecule has 0 aromatic heterocycles. The summed E-state index contributed by atoms with van der Waals surface area (Å²) >= 11 is 0. The third-order valence-corrected chi connectivity index (χ3v) is 3.08. The normalized spacial score (nSPS) is 10.6. The molecule has 1 aromatic rings. The summed E-state index contributed by atoms with van der Waals surface area (Å²) in [5, 5.41) is 17.5. The van der Waals surface area contributed by atoms with Gasteiger partial charge in [0.2, 0.25) is 0 Å². The molecule has 0 saturated heterocycles. The highest BCUT2D eigenvalue weighted by Crippen LogP contribution is 2.16. The Hall–Kier alpha value is -2.10. The van der Waals surface area contributed by atoms with Crippen molar-refractivity contribution >= 4 is 11.9 Å². The second-order valence-electron chi connectivity index (χ2n) is 4.58. The summed E-state index contributed by atoms with van der Waals surface area (Å²) in [4.78, 5) is 21.4.